The van der Waals surface area contributed by atoms with Crippen LogP contribution in [-0.2, 0) is 98.1 Å². The fraction of sp³-hybridized carbons (Fsp3) is 0.755. The Morgan fingerprint density at radius 1 is 0.500 bits per heavy atom. The topological polar surface area (TPSA) is 255 Å². The molecule has 0 spiro atoms. The van der Waals surface area contributed by atoms with Gasteiger partial charge < -0.3 is 90.4 Å². The van der Waals surface area contributed by atoms with Crippen molar-refractivity contribution in [1.29, 1.82) is 0 Å². The number of nitrogens with zero attached hydrogens (tertiary/aromatic N) is 1. The van der Waals surface area contributed by atoms with Crippen LogP contribution in [0.2, 0.25) is 0 Å². The maximum atomic E-state index is 12.2. The monoisotopic (exact) mass is 1140 g/mol. The molecule has 0 aliphatic carbocycles. The van der Waals surface area contributed by atoms with Gasteiger partial charge in [-0.2, -0.15) is 0 Å². The SMILES string of the molecule is CCOP(C)(=O)CCOCCOCCOCCOCCOCCOCCOCCOCCOCCOCCOCCOCCOCCOCCOCCCNC(=O)OCc1cc(OCc2cc(C)cc(C)c2)ccc1[N+](=O)[O-]. The summed E-state index contributed by atoms with van der Waals surface area (Å²) in [7, 11) is -2.54. The predicted molar refractivity (Wildman–Crippen MR) is 288 cm³/mol. The van der Waals surface area contributed by atoms with Crippen molar-refractivity contribution in [1.82, 2.24) is 5.32 Å². The number of carbonyl (C=O) groups excluding carboxylic acids is 1. The maximum absolute atomic E-state index is 12.2. The minimum Gasteiger partial charge on any atom is -0.489 e. The van der Waals surface area contributed by atoms with Gasteiger partial charge in [-0.05, 0) is 44.9 Å². The number of benzene rings is 2. The van der Waals surface area contributed by atoms with Crippen molar-refractivity contribution >= 4 is 19.1 Å². The number of rotatable bonds is 57. The third-order valence-corrected chi connectivity index (χ3v) is 12.1. The average molecular weight is 1140 g/mol. The van der Waals surface area contributed by atoms with Gasteiger partial charge in [0.05, 0.1) is 209 Å². The van der Waals surface area contributed by atoms with Gasteiger partial charge in [0.15, 0.2) is 0 Å². The van der Waals surface area contributed by atoms with E-state index in [1.165, 1.54) is 18.2 Å². The van der Waals surface area contributed by atoms with Gasteiger partial charge in [0, 0.05) is 32.0 Å². The first-order valence-electron chi connectivity index (χ1n) is 26.8. The van der Waals surface area contributed by atoms with Crippen LogP contribution in [0.15, 0.2) is 36.4 Å². The number of nitro groups is 1. The summed E-state index contributed by atoms with van der Waals surface area (Å²) in [6.45, 7) is 21.8. The lowest BCUT2D eigenvalue weighted by atomic mass is 10.1. The fourth-order valence-corrected chi connectivity index (χ4v) is 7.71. The molecule has 1 amide bonds. The van der Waals surface area contributed by atoms with Crippen LogP contribution in [0.4, 0.5) is 10.5 Å². The smallest absolute Gasteiger partial charge is 0.407 e. The highest BCUT2D eigenvalue weighted by Gasteiger charge is 2.17. The van der Waals surface area contributed by atoms with E-state index >= 15 is 0 Å². The molecule has 2 aromatic carbocycles. The molecule has 450 valence electrons. The van der Waals surface area contributed by atoms with Crippen molar-refractivity contribution in [2.75, 3.05) is 224 Å². The third-order valence-electron chi connectivity index (χ3n) is 10.3. The predicted octanol–water partition coefficient (Wildman–Crippen LogP) is 5.60. The zero-order valence-electron chi connectivity index (χ0n) is 46.8. The Hall–Kier alpha value is -3.50. The molecule has 0 fully saturated rings. The van der Waals surface area contributed by atoms with Crippen molar-refractivity contribution in [2.24, 2.45) is 0 Å². The van der Waals surface area contributed by atoms with Crippen molar-refractivity contribution in [3.05, 3.63) is 68.8 Å². The molecule has 24 nitrogen and oxygen atoms in total. The minimum absolute atomic E-state index is 0.161. The van der Waals surface area contributed by atoms with Crippen LogP contribution in [0.5, 0.6) is 5.75 Å². The van der Waals surface area contributed by atoms with Crippen LogP contribution in [-0.4, -0.2) is 235 Å². The van der Waals surface area contributed by atoms with E-state index in [0.29, 0.717) is 236 Å². The van der Waals surface area contributed by atoms with Crippen molar-refractivity contribution in [3.63, 3.8) is 0 Å². The van der Waals surface area contributed by atoms with E-state index in [-0.39, 0.29) is 17.9 Å². The Labute approximate surface area is 461 Å². The van der Waals surface area contributed by atoms with Crippen LogP contribution < -0.4 is 10.1 Å². The molecule has 1 N–H and O–H groups in total. The highest BCUT2D eigenvalue weighted by atomic mass is 31.2. The number of aryl methyl sites for hydroxylation is 2. The molecule has 2 rings (SSSR count). The Morgan fingerprint density at radius 3 is 1.19 bits per heavy atom. The van der Waals surface area contributed by atoms with Gasteiger partial charge in [0.2, 0.25) is 7.37 Å². The first kappa shape index (κ1) is 70.6. The molecular weight excluding hydrogens is 1050 g/mol. The molecule has 0 aliphatic heterocycles. The largest absolute Gasteiger partial charge is 0.489 e. The Morgan fingerprint density at radius 2 is 0.846 bits per heavy atom. The van der Waals surface area contributed by atoms with Gasteiger partial charge in [-0.3, -0.25) is 14.7 Å². The quantitative estimate of drug-likeness (QED) is 0.0366. The Balaban J connectivity index is 1.20. The number of hydrogen-bond donors (Lipinski definition) is 1. The van der Waals surface area contributed by atoms with Crippen LogP contribution in [0, 0.1) is 24.0 Å². The normalized spacial score (nSPS) is 12.3. The molecule has 1 atom stereocenters. The molecule has 0 saturated heterocycles. The molecule has 0 aliphatic rings. The van der Waals surface area contributed by atoms with E-state index in [1.54, 1.807) is 6.66 Å². The lowest BCUT2D eigenvalue weighted by Gasteiger charge is -2.12. The van der Waals surface area contributed by atoms with Crippen LogP contribution in [0.1, 0.15) is 35.6 Å². The Bertz CT molecular complexity index is 1780. The second-order valence-corrected chi connectivity index (χ2v) is 19.8. The van der Waals surface area contributed by atoms with Crippen molar-refractivity contribution in [2.45, 2.75) is 40.4 Å². The van der Waals surface area contributed by atoms with Gasteiger partial charge in [-0.1, -0.05) is 29.3 Å². The third kappa shape index (κ3) is 43.3. The molecule has 78 heavy (non-hydrogen) atoms. The molecule has 0 radical (unpaired) electrons. The first-order valence-corrected chi connectivity index (χ1v) is 29.1. The van der Waals surface area contributed by atoms with E-state index in [4.69, 9.17) is 85.1 Å². The van der Waals surface area contributed by atoms with E-state index < -0.39 is 18.4 Å². The molecule has 0 bridgehead atoms. The Kier molecular flexibility index (Phi) is 45.7. The van der Waals surface area contributed by atoms with Crippen LogP contribution in [0.3, 0.4) is 0 Å². The number of amides is 1. The highest BCUT2D eigenvalue weighted by Crippen LogP contribution is 2.41. The lowest BCUT2D eigenvalue weighted by molar-refractivity contribution is -0.385. The summed E-state index contributed by atoms with van der Waals surface area (Å²) in [4.78, 5) is 23.3. The molecule has 0 heterocycles. The number of nitro benzene ring substituents is 1. The maximum Gasteiger partial charge on any atom is 0.407 e. The van der Waals surface area contributed by atoms with E-state index in [2.05, 4.69) is 11.4 Å². The van der Waals surface area contributed by atoms with E-state index in [1.807, 2.05) is 32.9 Å². The number of hydrogen-bond acceptors (Lipinski definition) is 22. The summed E-state index contributed by atoms with van der Waals surface area (Å²) < 4.78 is 111. The molecule has 1 unspecified atom stereocenters. The molecule has 2 aromatic rings. The number of carbonyl (C=O) groups is 1. The van der Waals surface area contributed by atoms with Crippen LogP contribution in [0.25, 0.3) is 0 Å². The number of ether oxygens (including phenoxy) is 17. The molecule has 25 heteroatoms. The molecule has 0 saturated carbocycles. The lowest BCUT2D eigenvalue weighted by Crippen LogP contribution is -2.26. The fourth-order valence-electron chi connectivity index (χ4n) is 6.57. The van der Waals surface area contributed by atoms with Crippen molar-refractivity contribution < 1.29 is 99.3 Å². The van der Waals surface area contributed by atoms with Gasteiger partial charge in [0.1, 0.15) is 19.0 Å². The molecule has 0 aromatic heterocycles. The molecular formula is C53H91N2O22P. The van der Waals surface area contributed by atoms with Gasteiger partial charge in [-0.15, -0.1) is 0 Å². The summed E-state index contributed by atoms with van der Waals surface area (Å²) in [5, 5.41) is 14.2. The van der Waals surface area contributed by atoms with Gasteiger partial charge in [0.25, 0.3) is 5.69 Å². The summed E-state index contributed by atoms with van der Waals surface area (Å²) in [6, 6.07) is 10.5. The van der Waals surface area contributed by atoms with E-state index in [0.717, 1.165) is 16.7 Å². The highest BCUT2D eigenvalue weighted by molar-refractivity contribution is 7.58. The summed E-state index contributed by atoms with van der Waals surface area (Å²) >= 11 is 0. The van der Waals surface area contributed by atoms with E-state index in [9.17, 15) is 19.5 Å². The van der Waals surface area contributed by atoms with Gasteiger partial charge >= 0.3 is 6.09 Å². The standard InChI is InChI=1S/C53H91N2O22P/c1-5-77-78(4,59)40-39-74-38-37-73-36-35-72-34-33-71-32-31-70-30-29-69-28-27-68-26-25-67-24-23-66-22-21-65-20-19-64-18-17-63-16-15-62-14-13-61-12-11-60-10-6-9-54-53(56)76-46-50-44-51(7-8-52(50)55(57)58)75-45-49-42-47(2)41-48(3)43-49/h7-8,41-44H,5-6,9-40,45-46H2,1-4H3,(H,54,56). The van der Waals surface area contributed by atoms with Crippen LogP contribution >= 0.6 is 7.37 Å². The second-order valence-electron chi connectivity index (χ2n) is 17.0. The zero-order chi connectivity index (χ0) is 56.3. The number of alkyl carbamates (subject to hydrolysis) is 1. The van der Waals surface area contributed by atoms with Gasteiger partial charge in [-0.25, -0.2) is 4.79 Å². The summed E-state index contributed by atoms with van der Waals surface area (Å²) in [5.74, 6) is 0.437. The second kappa shape index (κ2) is 50.5. The number of nitrogens with one attached hydrogen (secondary N) is 1. The first-order chi connectivity index (χ1) is 38.1. The summed E-state index contributed by atoms with van der Waals surface area (Å²) in [6.07, 6.45) is 0.260. The van der Waals surface area contributed by atoms with Crippen molar-refractivity contribution in [3.8, 4) is 5.75 Å². The zero-order valence-corrected chi connectivity index (χ0v) is 47.7. The average Bonchev–Trinajstić information content (AvgIpc) is 3.41. The summed E-state index contributed by atoms with van der Waals surface area (Å²) in [5.41, 5.74) is 3.29. The minimum atomic E-state index is -2.54.